The largest absolute Gasteiger partial charge is 0.371 e. The van der Waals surface area contributed by atoms with Crippen molar-refractivity contribution >= 4 is 17.4 Å². The van der Waals surface area contributed by atoms with Crippen LogP contribution >= 0.6 is 0 Å². The van der Waals surface area contributed by atoms with Gasteiger partial charge in [-0.25, -0.2) is 4.79 Å². The van der Waals surface area contributed by atoms with E-state index in [2.05, 4.69) is 21.6 Å². The fraction of sp³-hybridized carbons (Fsp3) is 0.562. The molecule has 2 rings (SSSR count). The molecule has 1 fully saturated rings. The number of anilines is 2. The number of amides is 2. The molecular weight excluding hydrogens is 250 g/mol. The molecule has 110 valence electrons. The second-order valence-electron chi connectivity index (χ2n) is 6.43. The van der Waals surface area contributed by atoms with Crippen LogP contribution in [-0.4, -0.2) is 24.7 Å². The van der Waals surface area contributed by atoms with E-state index < -0.39 is 0 Å². The lowest BCUT2D eigenvalue weighted by Gasteiger charge is -2.29. The summed E-state index contributed by atoms with van der Waals surface area (Å²) in [6.07, 6.45) is 3.83. The van der Waals surface area contributed by atoms with Gasteiger partial charge in [-0.15, -0.1) is 0 Å². The average Bonchev–Trinajstić information content (AvgIpc) is 2.38. The molecule has 0 saturated carbocycles. The molecule has 4 heteroatoms. The normalized spacial score (nSPS) is 15.8. The van der Waals surface area contributed by atoms with Gasteiger partial charge in [0.05, 0.1) is 0 Å². The highest BCUT2D eigenvalue weighted by molar-refractivity contribution is 5.90. The lowest BCUT2D eigenvalue weighted by molar-refractivity contribution is 0.244. The highest BCUT2D eigenvalue weighted by atomic mass is 16.2. The summed E-state index contributed by atoms with van der Waals surface area (Å²) in [6.45, 7) is 8.12. The first kappa shape index (κ1) is 14.7. The van der Waals surface area contributed by atoms with Gasteiger partial charge in [0.25, 0.3) is 0 Å². The van der Waals surface area contributed by atoms with E-state index in [0.29, 0.717) is 0 Å². The molecule has 4 nitrogen and oxygen atoms in total. The van der Waals surface area contributed by atoms with E-state index in [0.717, 1.165) is 18.8 Å². The van der Waals surface area contributed by atoms with Gasteiger partial charge in [0.2, 0.25) is 0 Å². The standard InChI is InChI=1S/C16H25N3O/c1-16(2,3)18-15(20)17-13-8-7-9-14(12-13)19-10-5-4-6-11-19/h7-9,12H,4-6,10-11H2,1-3H3,(H2,17,18,20). The monoisotopic (exact) mass is 275 g/mol. The van der Waals surface area contributed by atoms with Crippen LogP contribution in [0.15, 0.2) is 24.3 Å². The van der Waals surface area contributed by atoms with Crippen LogP contribution < -0.4 is 15.5 Å². The topological polar surface area (TPSA) is 44.4 Å². The van der Waals surface area contributed by atoms with Crippen LogP contribution in [-0.2, 0) is 0 Å². The number of piperidine rings is 1. The molecule has 2 N–H and O–H groups in total. The predicted molar refractivity (Wildman–Crippen MR) is 84.4 cm³/mol. The maximum absolute atomic E-state index is 11.9. The van der Waals surface area contributed by atoms with Crippen molar-refractivity contribution in [3.63, 3.8) is 0 Å². The fourth-order valence-electron chi connectivity index (χ4n) is 2.44. The molecule has 0 radical (unpaired) electrons. The quantitative estimate of drug-likeness (QED) is 0.866. The van der Waals surface area contributed by atoms with Crippen molar-refractivity contribution in [1.29, 1.82) is 0 Å². The molecule has 1 aromatic carbocycles. The Hall–Kier alpha value is -1.71. The second kappa shape index (κ2) is 6.16. The zero-order valence-electron chi connectivity index (χ0n) is 12.7. The smallest absolute Gasteiger partial charge is 0.319 e. The zero-order chi connectivity index (χ0) is 14.6. The molecule has 1 heterocycles. The van der Waals surface area contributed by atoms with Gasteiger partial charge in [0, 0.05) is 30.0 Å². The number of urea groups is 1. The minimum atomic E-state index is -0.228. The lowest BCUT2D eigenvalue weighted by atomic mass is 10.1. The Balaban J connectivity index is 2.00. The first-order valence-electron chi connectivity index (χ1n) is 7.38. The Morgan fingerprint density at radius 1 is 1.15 bits per heavy atom. The Morgan fingerprint density at radius 2 is 1.85 bits per heavy atom. The third kappa shape index (κ3) is 4.44. The van der Waals surface area contributed by atoms with Gasteiger partial charge in [0.1, 0.15) is 0 Å². The van der Waals surface area contributed by atoms with Gasteiger partial charge in [0.15, 0.2) is 0 Å². The molecule has 0 aliphatic carbocycles. The third-order valence-electron chi connectivity index (χ3n) is 3.31. The maximum Gasteiger partial charge on any atom is 0.319 e. The summed E-state index contributed by atoms with van der Waals surface area (Å²) in [5.41, 5.74) is 1.81. The molecule has 1 aliphatic heterocycles. The summed E-state index contributed by atoms with van der Waals surface area (Å²) < 4.78 is 0. The lowest BCUT2D eigenvalue weighted by Crippen LogP contribution is -2.43. The minimum Gasteiger partial charge on any atom is -0.371 e. The highest BCUT2D eigenvalue weighted by Gasteiger charge is 2.14. The number of rotatable bonds is 2. The van der Waals surface area contributed by atoms with Crippen LogP contribution in [0, 0.1) is 0 Å². The van der Waals surface area contributed by atoms with E-state index in [4.69, 9.17) is 0 Å². The van der Waals surface area contributed by atoms with Gasteiger partial charge < -0.3 is 15.5 Å². The summed E-state index contributed by atoms with van der Waals surface area (Å²) in [5, 5.41) is 5.80. The Bertz CT molecular complexity index is 459. The molecule has 0 atom stereocenters. The Kier molecular flexibility index (Phi) is 4.53. The summed E-state index contributed by atoms with van der Waals surface area (Å²) >= 11 is 0. The van der Waals surface area contributed by atoms with Gasteiger partial charge in [-0.3, -0.25) is 0 Å². The van der Waals surface area contributed by atoms with Crippen LogP contribution in [0.3, 0.4) is 0 Å². The molecule has 2 amide bonds. The number of hydrogen-bond acceptors (Lipinski definition) is 2. The molecule has 0 aromatic heterocycles. The van der Waals surface area contributed by atoms with Crippen molar-refractivity contribution in [3.05, 3.63) is 24.3 Å². The zero-order valence-corrected chi connectivity index (χ0v) is 12.7. The van der Waals surface area contributed by atoms with Crippen molar-refractivity contribution in [2.45, 2.75) is 45.6 Å². The van der Waals surface area contributed by atoms with Gasteiger partial charge >= 0.3 is 6.03 Å². The van der Waals surface area contributed by atoms with E-state index in [-0.39, 0.29) is 11.6 Å². The highest BCUT2D eigenvalue weighted by Crippen LogP contribution is 2.23. The second-order valence-corrected chi connectivity index (χ2v) is 6.43. The van der Waals surface area contributed by atoms with Crippen molar-refractivity contribution in [2.75, 3.05) is 23.3 Å². The van der Waals surface area contributed by atoms with E-state index >= 15 is 0 Å². The van der Waals surface area contributed by atoms with Gasteiger partial charge in [-0.05, 0) is 58.2 Å². The number of carbonyl (C=O) groups is 1. The minimum absolute atomic E-state index is 0.159. The first-order valence-corrected chi connectivity index (χ1v) is 7.38. The summed E-state index contributed by atoms with van der Waals surface area (Å²) in [7, 11) is 0. The number of carbonyl (C=O) groups excluding carboxylic acids is 1. The fourth-order valence-corrected chi connectivity index (χ4v) is 2.44. The van der Waals surface area contributed by atoms with Crippen LogP contribution in [0.2, 0.25) is 0 Å². The third-order valence-corrected chi connectivity index (χ3v) is 3.31. The molecule has 1 aromatic rings. The van der Waals surface area contributed by atoms with Crippen LogP contribution in [0.4, 0.5) is 16.2 Å². The van der Waals surface area contributed by atoms with E-state index in [1.165, 1.54) is 24.9 Å². The van der Waals surface area contributed by atoms with Crippen molar-refractivity contribution in [2.24, 2.45) is 0 Å². The molecular formula is C16H25N3O. The van der Waals surface area contributed by atoms with Crippen LogP contribution in [0.1, 0.15) is 40.0 Å². The molecule has 20 heavy (non-hydrogen) atoms. The Labute approximate surface area is 121 Å². The molecule has 1 aliphatic rings. The van der Waals surface area contributed by atoms with Crippen LogP contribution in [0.5, 0.6) is 0 Å². The SMILES string of the molecule is CC(C)(C)NC(=O)Nc1cccc(N2CCCCC2)c1. The van der Waals surface area contributed by atoms with E-state index in [9.17, 15) is 4.79 Å². The molecule has 0 bridgehead atoms. The van der Waals surface area contributed by atoms with Crippen molar-refractivity contribution in [1.82, 2.24) is 5.32 Å². The van der Waals surface area contributed by atoms with Gasteiger partial charge in [-0.1, -0.05) is 6.07 Å². The molecule has 0 spiro atoms. The Morgan fingerprint density at radius 3 is 2.50 bits per heavy atom. The summed E-state index contributed by atoms with van der Waals surface area (Å²) in [5.74, 6) is 0. The van der Waals surface area contributed by atoms with Crippen LogP contribution in [0.25, 0.3) is 0 Å². The predicted octanol–water partition coefficient (Wildman–Crippen LogP) is 3.60. The first-order chi connectivity index (χ1) is 9.44. The number of hydrogen-bond donors (Lipinski definition) is 2. The van der Waals surface area contributed by atoms with E-state index in [1.807, 2.05) is 39.0 Å². The summed E-state index contributed by atoms with van der Waals surface area (Å²) in [6, 6.07) is 7.92. The van der Waals surface area contributed by atoms with Crippen molar-refractivity contribution < 1.29 is 4.79 Å². The maximum atomic E-state index is 11.9. The van der Waals surface area contributed by atoms with Gasteiger partial charge in [-0.2, -0.15) is 0 Å². The van der Waals surface area contributed by atoms with Crippen molar-refractivity contribution in [3.8, 4) is 0 Å². The molecule has 1 saturated heterocycles. The molecule has 0 unspecified atom stereocenters. The number of nitrogens with one attached hydrogen (secondary N) is 2. The number of nitrogens with zero attached hydrogens (tertiary/aromatic N) is 1. The summed E-state index contributed by atoms with van der Waals surface area (Å²) in [4.78, 5) is 14.3. The van der Waals surface area contributed by atoms with E-state index in [1.54, 1.807) is 0 Å². The average molecular weight is 275 g/mol. The number of benzene rings is 1.